The maximum absolute atomic E-state index is 8.07. The predicted octanol–water partition coefficient (Wildman–Crippen LogP) is 2.53. The summed E-state index contributed by atoms with van der Waals surface area (Å²) in [5, 5.41) is 0. The van der Waals surface area contributed by atoms with Gasteiger partial charge in [0.1, 0.15) is 24.0 Å². The minimum Gasteiger partial charge on any atom is -0.396 e. The van der Waals surface area contributed by atoms with E-state index in [9.17, 15) is 0 Å². The third-order valence-corrected chi connectivity index (χ3v) is 5.95. The third-order valence-electron chi connectivity index (χ3n) is 5.95. The summed E-state index contributed by atoms with van der Waals surface area (Å²) in [5.74, 6) is 0.818. The summed E-state index contributed by atoms with van der Waals surface area (Å²) in [5.41, 5.74) is 3.58. The van der Waals surface area contributed by atoms with Crippen molar-refractivity contribution in [2.75, 3.05) is 0 Å². The van der Waals surface area contributed by atoms with Crippen LogP contribution in [0.4, 0.5) is 0 Å². The summed E-state index contributed by atoms with van der Waals surface area (Å²) >= 11 is 0. The number of nitrogens with zero attached hydrogens (tertiary/aromatic N) is 12. The van der Waals surface area contributed by atoms with Crippen LogP contribution in [0.2, 0.25) is 0 Å². The van der Waals surface area contributed by atoms with Crippen LogP contribution in [0.3, 0.4) is 0 Å². The third kappa shape index (κ3) is 3.84. The van der Waals surface area contributed by atoms with Crippen LogP contribution < -0.4 is 0 Å². The van der Waals surface area contributed by atoms with Crippen LogP contribution in [0.5, 0.6) is 0 Å². The summed E-state index contributed by atoms with van der Waals surface area (Å²) in [7, 11) is 0. The average Bonchev–Trinajstić information content (AvgIpc) is 3.55. The van der Waals surface area contributed by atoms with Crippen molar-refractivity contribution < 1.29 is 21.1 Å². The van der Waals surface area contributed by atoms with Crippen molar-refractivity contribution in [2.45, 2.75) is 26.3 Å². The fourth-order valence-corrected chi connectivity index (χ4v) is 3.88. The van der Waals surface area contributed by atoms with Gasteiger partial charge >= 0.3 is 26.6 Å². The predicted molar refractivity (Wildman–Crippen MR) is 127 cm³/mol. The van der Waals surface area contributed by atoms with Gasteiger partial charge in [0.2, 0.25) is 0 Å². The molecule has 182 valence electrons. The number of hydrogen-bond donors (Lipinski definition) is 0. The van der Waals surface area contributed by atoms with Gasteiger partial charge in [0, 0.05) is 59.5 Å². The zero-order chi connectivity index (χ0) is 24.9. The van der Waals surface area contributed by atoms with Crippen LogP contribution in [-0.4, -0.2) is 54.0 Å². The molecule has 0 saturated carbocycles. The first kappa shape index (κ1) is 24.2. The molecule has 0 amide bonds. The molecule has 0 saturated heterocycles. The van der Waals surface area contributed by atoms with Gasteiger partial charge < -0.3 is 19.1 Å². The molecular weight excluding hydrogens is 651 g/mol. The van der Waals surface area contributed by atoms with E-state index in [4.69, 9.17) is 11.6 Å². The first-order chi connectivity index (χ1) is 17.5. The van der Waals surface area contributed by atoms with E-state index in [1.807, 2.05) is 26.0 Å². The van der Waals surface area contributed by atoms with Gasteiger partial charge in [-0.25, -0.2) is 6.57 Å². The smallest absolute Gasteiger partial charge is 0.396 e. The molecule has 0 fully saturated rings. The first-order valence-corrected chi connectivity index (χ1v) is 10.9. The van der Waals surface area contributed by atoms with Crippen LogP contribution in [0.25, 0.3) is 38.9 Å². The SMILES string of the molecule is [C-]#[N+]C(C)(c1cccc(-n2[c-]nc3c(C)ncnc32)n1)c1ccnc(-n2[c-]nc3c(C)ncnc32)n1.[Pt+2]. The Morgan fingerprint density at radius 1 is 0.811 bits per heavy atom. The summed E-state index contributed by atoms with van der Waals surface area (Å²) in [6.07, 6.45) is 10.3. The van der Waals surface area contributed by atoms with E-state index in [0.29, 0.717) is 45.5 Å². The molecule has 0 radical (unpaired) electrons. The number of imidazole rings is 2. The Morgan fingerprint density at radius 2 is 1.43 bits per heavy atom. The first-order valence-electron chi connectivity index (χ1n) is 10.9. The molecule has 6 heterocycles. The molecule has 1 atom stereocenters. The van der Waals surface area contributed by atoms with E-state index in [1.165, 1.54) is 12.7 Å². The molecule has 6 aromatic rings. The molecule has 12 nitrogen and oxygen atoms in total. The molecule has 0 bridgehead atoms. The van der Waals surface area contributed by atoms with Gasteiger partial charge in [-0.1, -0.05) is 12.1 Å². The minimum absolute atomic E-state index is 0. The summed E-state index contributed by atoms with van der Waals surface area (Å²) in [6, 6.07) is 7.12. The second kappa shape index (κ2) is 9.18. The van der Waals surface area contributed by atoms with Crippen molar-refractivity contribution in [3.63, 3.8) is 0 Å². The van der Waals surface area contributed by atoms with Gasteiger partial charge in [0.15, 0.2) is 5.95 Å². The molecule has 6 rings (SSSR count). The van der Waals surface area contributed by atoms with Crippen LogP contribution in [-0.2, 0) is 26.6 Å². The van der Waals surface area contributed by atoms with Crippen molar-refractivity contribution >= 4 is 22.3 Å². The van der Waals surface area contributed by atoms with E-state index in [2.05, 4.69) is 57.4 Å². The zero-order valence-corrected chi connectivity index (χ0v) is 22.0. The standard InChI is InChI=1S/C24H16N12.Pt/c1-14-19-21(29-10-27-14)35(12-31-19)18-7-5-6-16(33-18)24(3,25-4)17-8-9-26-23(34-17)36-13-32-20-15(2)28-11-30-22(20)36;/h5-11H,1-3H3;/q-2;+2. The number of aromatic nitrogens is 11. The number of pyridine rings is 1. The van der Waals surface area contributed by atoms with Gasteiger partial charge in [-0.3, -0.25) is 39.7 Å². The summed E-state index contributed by atoms with van der Waals surface area (Å²) < 4.78 is 3.20. The van der Waals surface area contributed by atoms with Crippen LogP contribution in [0.1, 0.15) is 29.7 Å². The number of rotatable bonds is 4. The number of hydrogen-bond acceptors (Lipinski definition) is 9. The Labute approximate surface area is 225 Å². The second-order valence-electron chi connectivity index (χ2n) is 8.16. The normalized spacial score (nSPS) is 12.7. The Kier molecular flexibility index (Phi) is 6.01. The zero-order valence-electron chi connectivity index (χ0n) is 19.7. The van der Waals surface area contributed by atoms with Crippen molar-refractivity contribution in [1.29, 1.82) is 0 Å². The van der Waals surface area contributed by atoms with Crippen molar-refractivity contribution in [3.05, 3.63) is 90.0 Å². The van der Waals surface area contributed by atoms with Gasteiger partial charge in [-0.05, 0) is 26.0 Å². The maximum atomic E-state index is 8.07. The van der Waals surface area contributed by atoms with Crippen molar-refractivity contribution in [1.82, 2.24) is 54.0 Å². The maximum Gasteiger partial charge on any atom is 2.00 e. The second-order valence-corrected chi connectivity index (χ2v) is 8.16. The fraction of sp³-hybridized carbons (Fsp3) is 0.167. The van der Waals surface area contributed by atoms with Crippen LogP contribution >= 0.6 is 0 Å². The molecule has 13 heteroatoms. The van der Waals surface area contributed by atoms with E-state index in [-0.39, 0.29) is 21.1 Å². The Hall–Kier alpha value is -4.49. The van der Waals surface area contributed by atoms with E-state index >= 15 is 0 Å². The Bertz CT molecular complexity index is 1690. The molecule has 0 aliphatic carbocycles. The molecule has 0 spiro atoms. The molecule has 0 N–H and O–H groups in total. The minimum atomic E-state index is -1.21. The quantitative estimate of drug-likeness (QED) is 0.261. The largest absolute Gasteiger partial charge is 2.00 e. The molecule has 0 aromatic carbocycles. The van der Waals surface area contributed by atoms with E-state index < -0.39 is 5.54 Å². The van der Waals surface area contributed by atoms with Gasteiger partial charge in [-0.15, -0.1) is 0 Å². The Morgan fingerprint density at radius 3 is 2.11 bits per heavy atom. The molecule has 0 aliphatic heterocycles. The van der Waals surface area contributed by atoms with Crippen LogP contribution in [0.15, 0.2) is 43.1 Å². The molecular formula is C24H16N12Pt. The van der Waals surface area contributed by atoms with Gasteiger partial charge in [-0.2, -0.15) is 0 Å². The molecule has 6 aromatic heterocycles. The number of fused-ring (bicyclic) bond motifs is 2. The topological polar surface area (TPSA) is 130 Å². The van der Waals surface area contributed by atoms with Crippen LogP contribution in [0, 0.1) is 33.1 Å². The van der Waals surface area contributed by atoms with Gasteiger partial charge in [0.05, 0.1) is 5.82 Å². The Balaban J connectivity index is 0.00000280. The van der Waals surface area contributed by atoms with E-state index in [1.54, 1.807) is 34.4 Å². The van der Waals surface area contributed by atoms with E-state index in [0.717, 1.165) is 11.4 Å². The fourth-order valence-electron chi connectivity index (χ4n) is 3.88. The average molecular weight is 668 g/mol. The molecule has 37 heavy (non-hydrogen) atoms. The number of aryl methyl sites for hydroxylation is 2. The molecule has 1 unspecified atom stereocenters. The summed E-state index contributed by atoms with van der Waals surface area (Å²) in [4.78, 5) is 43.3. The molecule has 0 aliphatic rings. The van der Waals surface area contributed by atoms with Crippen molar-refractivity contribution in [2.24, 2.45) is 0 Å². The van der Waals surface area contributed by atoms with Gasteiger partial charge in [0.25, 0.3) is 0 Å². The summed E-state index contributed by atoms with van der Waals surface area (Å²) in [6.45, 7) is 13.5. The van der Waals surface area contributed by atoms with Crippen molar-refractivity contribution in [3.8, 4) is 11.8 Å². The monoisotopic (exact) mass is 667 g/mol.